The van der Waals surface area contributed by atoms with Crippen molar-refractivity contribution in [2.24, 2.45) is 0 Å². The molecule has 0 fully saturated rings. The molecule has 7 nitrogen and oxygen atoms in total. The average molecular weight is 422 g/mol. The number of nitrogens with zero attached hydrogens (tertiary/aromatic N) is 2. The van der Waals surface area contributed by atoms with Gasteiger partial charge in [0.2, 0.25) is 11.6 Å². The molecule has 1 amide bonds. The Labute approximate surface area is 183 Å². The van der Waals surface area contributed by atoms with Gasteiger partial charge in [0.15, 0.2) is 5.82 Å². The summed E-state index contributed by atoms with van der Waals surface area (Å²) in [5.74, 6) is -0.717. The second kappa shape index (κ2) is 8.03. The maximum Gasteiger partial charge on any atom is 0.253 e. The van der Waals surface area contributed by atoms with E-state index in [0.29, 0.717) is 40.3 Å². The highest BCUT2D eigenvalue weighted by molar-refractivity contribution is 6.49. The van der Waals surface area contributed by atoms with Crippen molar-refractivity contribution in [3.8, 4) is 22.8 Å². The highest BCUT2D eigenvalue weighted by atomic mass is 16.2. The third-order valence-electron chi connectivity index (χ3n) is 5.38. The molecule has 4 aromatic rings. The molecular formula is C25H18N4O3. The predicted molar refractivity (Wildman–Crippen MR) is 118 cm³/mol. The molecule has 0 aliphatic carbocycles. The van der Waals surface area contributed by atoms with Gasteiger partial charge in [0.1, 0.15) is 0 Å². The summed E-state index contributed by atoms with van der Waals surface area (Å²) in [6, 6.07) is 18.7. The summed E-state index contributed by atoms with van der Waals surface area (Å²) < 4.78 is 0. The quantitative estimate of drug-likeness (QED) is 0.378. The van der Waals surface area contributed by atoms with Gasteiger partial charge in [-0.3, -0.25) is 14.4 Å². The molecule has 0 saturated carbocycles. The molecule has 1 aliphatic rings. The highest BCUT2D eigenvalue weighted by Gasteiger charge is 2.21. The van der Waals surface area contributed by atoms with Crippen LogP contribution in [-0.4, -0.2) is 39.0 Å². The number of aromatic nitrogens is 3. The summed E-state index contributed by atoms with van der Waals surface area (Å²) in [5, 5.41) is 2.83. The van der Waals surface area contributed by atoms with Crippen molar-refractivity contribution in [3.63, 3.8) is 0 Å². The third kappa shape index (κ3) is 3.60. The molecular weight excluding hydrogens is 404 g/mol. The third-order valence-corrected chi connectivity index (χ3v) is 5.38. The van der Waals surface area contributed by atoms with Crippen molar-refractivity contribution in [2.75, 3.05) is 6.54 Å². The summed E-state index contributed by atoms with van der Waals surface area (Å²) in [5.41, 5.74) is 4.33. The topological polar surface area (TPSA) is 105 Å². The minimum atomic E-state index is -0.562. The molecule has 0 radical (unpaired) electrons. The summed E-state index contributed by atoms with van der Waals surface area (Å²) in [7, 11) is 0. The maximum atomic E-state index is 12.5. The van der Waals surface area contributed by atoms with E-state index in [2.05, 4.69) is 20.3 Å². The van der Waals surface area contributed by atoms with Crippen molar-refractivity contribution in [1.82, 2.24) is 20.3 Å². The number of H-pyrrole nitrogens is 1. The molecule has 2 aromatic carbocycles. The van der Waals surface area contributed by atoms with Crippen molar-refractivity contribution >= 4 is 17.5 Å². The Kier molecular flexibility index (Phi) is 4.91. The number of carbonyl (C=O) groups excluding carboxylic acids is 3. The SMILES string of the molecule is O=C(C(=O)c1ccc(-c2nccc(-c3cc4c([nH]3)CCNC4=O)n2)cc1)c1ccccc1. The maximum absolute atomic E-state index is 12.5. The Morgan fingerprint density at radius 2 is 1.59 bits per heavy atom. The van der Waals surface area contributed by atoms with E-state index in [4.69, 9.17) is 0 Å². The number of Topliss-reactive ketones (excluding diaryl/α,β-unsaturated/α-hetero) is 2. The number of rotatable bonds is 5. The Bertz CT molecular complexity index is 1340. The van der Waals surface area contributed by atoms with Gasteiger partial charge in [0, 0.05) is 41.5 Å². The summed E-state index contributed by atoms with van der Waals surface area (Å²) >= 11 is 0. The zero-order chi connectivity index (χ0) is 22.1. The molecule has 2 N–H and O–H groups in total. The molecule has 5 rings (SSSR count). The number of hydrogen-bond acceptors (Lipinski definition) is 5. The molecule has 1 aliphatic heterocycles. The van der Waals surface area contributed by atoms with E-state index in [-0.39, 0.29) is 5.91 Å². The van der Waals surface area contributed by atoms with E-state index in [9.17, 15) is 14.4 Å². The van der Waals surface area contributed by atoms with E-state index in [1.54, 1.807) is 72.9 Å². The fraction of sp³-hybridized carbons (Fsp3) is 0.0800. The largest absolute Gasteiger partial charge is 0.356 e. The first-order valence-electron chi connectivity index (χ1n) is 10.2. The van der Waals surface area contributed by atoms with Gasteiger partial charge >= 0.3 is 0 Å². The van der Waals surface area contributed by atoms with Crippen LogP contribution in [0.2, 0.25) is 0 Å². The van der Waals surface area contributed by atoms with Gasteiger partial charge in [-0.15, -0.1) is 0 Å². The van der Waals surface area contributed by atoms with E-state index in [1.807, 2.05) is 0 Å². The van der Waals surface area contributed by atoms with Crippen LogP contribution in [0.3, 0.4) is 0 Å². The van der Waals surface area contributed by atoms with E-state index >= 15 is 0 Å². The predicted octanol–water partition coefficient (Wildman–Crippen LogP) is 3.49. The van der Waals surface area contributed by atoms with Crippen LogP contribution in [0.5, 0.6) is 0 Å². The Balaban J connectivity index is 1.40. The van der Waals surface area contributed by atoms with Gasteiger partial charge in [-0.25, -0.2) is 9.97 Å². The van der Waals surface area contributed by atoms with Crippen molar-refractivity contribution in [1.29, 1.82) is 0 Å². The van der Waals surface area contributed by atoms with Crippen LogP contribution >= 0.6 is 0 Å². The van der Waals surface area contributed by atoms with Crippen molar-refractivity contribution in [3.05, 3.63) is 95.3 Å². The lowest BCUT2D eigenvalue weighted by Crippen LogP contribution is -2.31. The lowest BCUT2D eigenvalue weighted by molar-refractivity contribution is 0.0817. The van der Waals surface area contributed by atoms with E-state index in [0.717, 1.165) is 17.8 Å². The minimum Gasteiger partial charge on any atom is -0.356 e. The first kappa shape index (κ1) is 19.6. The number of amides is 1. The molecule has 3 heterocycles. The number of benzene rings is 2. The minimum absolute atomic E-state index is 0.0895. The molecule has 0 unspecified atom stereocenters. The fourth-order valence-electron chi connectivity index (χ4n) is 3.70. The van der Waals surface area contributed by atoms with E-state index < -0.39 is 11.6 Å². The smallest absolute Gasteiger partial charge is 0.253 e. The van der Waals surface area contributed by atoms with Crippen LogP contribution < -0.4 is 5.32 Å². The zero-order valence-electron chi connectivity index (χ0n) is 17.0. The second-order valence-electron chi connectivity index (χ2n) is 7.45. The number of aromatic amines is 1. The number of nitrogens with one attached hydrogen (secondary N) is 2. The van der Waals surface area contributed by atoms with Gasteiger partial charge < -0.3 is 10.3 Å². The summed E-state index contributed by atoms with van der Waals surface area (Å²) in [4.78, 5) is 49.2. The van der Waals surface area contributed by atoms with Crippen LogP contribution in [0, 0.1) is 0 Å². The van der Waals surface area contributed by atoms with Gasteiger partial charge in [-0.05, 0) is 12.1 Å². The molecule has 2 aromatic heterocycles. The van der Waals surface area contributed by atoms with Crippen LogP contribution in [0.25, 0.3) is 22.8 Å². The van der Waals surface area contributed by atoms with Crippen molar-refractivity contribution in [2.45, 2.75) is 6.42 Å². The average Bonchev–Trinajstić information content (AvgIpc) is 3.30. The van der Waals surface area contributed by atoms with Crippen LogP contribution in [0.4, 0.5) is 0 Å². The van der Waals surface area contributed by atoms with Crippen molar-refractivity contribution < 1.29 is 14.4 Å². The zero-order valence-corrected chi connectivity index (χ0v) is 17.0. The lowest BCUT2D eigenvalue weighted by atomic mass is 10.0. The Hall–Kier alpha value is -4.39. The molecule has 7 heteroatoms. The van der Waals surface area contributed by atoms with E-state index in [1.165, 1.54) is 0 Å². The highest BCUT2D eigenvalue weighted by Crippen LogP contribution is 2.24. The van der Waals surface area contributed by atoms with Gasteiger partial charge in [-0.1, -0.05) is 54.6 Å². The number of carbonyl (C=O) groups is 3. The monoisotopic (exact) mass is 422 g/mol. The molecule has 0 bridgehead atoms. The van der Waals surface area contributed by atoms with Gasteiger partial charge in [-0.2, -0.15) is 0 Å². The number of hydrogen-bond donors (Lipinski definition) is 2. The molecule has 0 saturated heterocycles. The number of ketones is 2. The van der Waals surface area contributed by atoms with Crippen LogP contribution in [-0.2, 0) is 6.42 Å². The Morgan fingerprint density at radius 3 is 2.31 bits per heavy atom. The Morgan fingerprint density at radius 1 is 0.875 bits per heavy atom. The summed E-state index contributed by atoms with van der Waals surface area (Å²) in [6.45, 7) is 0.610. The van der Waals surface area contributed by atoms with Gasteiger partial charge in [0.05, 0.1) is 17.0 Å². The molecule has 156 valence electrons. The normalized spacial score (nSPS) is 12.7. The fourth-order valence-corrected chi connectivity index (χ4v) is 3.70. The number of fused-ring (bicyclic) bond motifs is 1. The first-order chi connectivity index (χ1) is 15.6. The van der Waals surface area contributed by atoms with Crippen LogP contribution in [0.1, 0.15) is 36.8 Å². The van der Waals surface area contributed by atoms with Crippen LogP contribution in [0.15, 0.2) is 72.9 Å². The standard InChI is InChI=1S/C25H18N4O3/c30-22(15-4-2-1-3-5-15)23(31)16-6-8-17(9-7-16)24-26-12-11-20(29-24)21-14-18-19(28-21)10-13-27-25(18)32/h1-9,11-12,14,28H,10,13H2,(H,27,32). The molecule has 0 spiro atoms. The second-order valence-corrected chi connectivity index (χ2v) is 7.45. The molecule has 0 atom stereocenters. The van der Waals surface area contributed by atoms with Gasteiger partial charge in [0.25, 0.3) is 5.91 Å². The lowest BCUT2D eigenvalue weighted by Gasteiger charge is -2.10. The molecule has 32 heavy (non-hydrogen) atoms. The summed E-state index contributed by atoms with van der Waals surface area (Å²) in [6.07, 6.45) is 2.39. The first-order valence-corrected chi connectivity index (χ1v) is 10.2.